The molecule has 0 bridgehead atoms. The van der Waals surface area contributed by atoms with Gasteiger partial charge in [0.1, 0.15) is 0 Å². The third-order valence-corrected chi connectivity index (χ3v) is 4.42. The lowest BCUT2D eigenvalue weighted by Gasteiger charge is -2.43. The molecule has 0 aromatic heterocycles. The van der Waals surface area contributed by atoms with Crippen LogP contribution < -0.4 is 5.32 Å². The van der Waals surface area contributed by atoms with E-state index in [4.69, 9.17) is 0 Å². The lowest BCUT2D eigenvalue weighted by atomic mass is 9.63. The Morgan fingerprint density at radius 2 is 1.73 bits per heavy atom. The van der Waals surface area contributed by atoms with Crippen molar-refractivity contribution in [3.8, 4) is 0 Å². The van der Waals surface area contributed by atoms with Gasteiger partial charge < -0.3 is 5.32 Å². The highest BCUT2D eigenvalue weighted by molar-refractivity contribution is 4.87. The highest BCUT2D eigenvalue weighted by Crippen LogP contribution is 2.43. The largest absolute Gasteiger partial charge is 0.317 e. The standard InChI is InChI=1S/C14H29N/c1-6-14(4,5)13(11(2)3)12-7-9-15-10-8-12/h11-13,15H,6-10H2,1-5H3. The first-order chi connectivity index (χ1) is 6.99. The number of nitrogens with one attached hydrogen (secondary N) is 1. The van der Waals surface area contributed by atoms with Gasteiger partial charge in [-0.3, -0.25) is 0 Å². The van der Waals surface area contributed by atoms with Crippen LogP contribution in [0.25, 0.3) is 0 Å². The average molecular weight is 211 g/mol. The average Bonchev–Trinajstić information content (AvgIpc) is 2.18. The minimum absolute atomic E-state index is 0.510. The van der Waals surface area contributed by atoms with Crippen molar-refractivity contribution in [2.45, 2.75) is 53.9 Å². The Bertz CT molecular complexity index is 178. The van der Waals surface area contributed by atoms with E-state index in [1.165, 1.54) is 32.4 Å². The van der Waals surface area contributed by atoms with Gasteiger partial charge in [-0.15, -0.1) is 0 Å². The summed E-state index contributed by atoms with van der Waals surface area (Å²) in [5, 5.41) is 3.48. The van der Waals surface area contributed by atoms with Gasteiger partial charge in [-0.1, -0.05) is 41.0 Å². The van der Waals surface area contributed by atoms with Crippen LogP contribution in [0.2, 0.25) is 0 Å². The van der Waals surface area contributed by atoms with Crippen LogP contribution in [-0.2, 0) is 0 Å². The van der Waals surface area contributed by atoms with Crippen molar-refractivity contribution in [1.29, 1.82) is 0 Å². The van der Waals surface area contributed by atoms with E-state index >= 15 is 0 Å². The van der Waals surface area contributed by atoms with E-state index in [0.29, 0.717) is 5.41 Å². The molecule has 0 amide bonds. The summed E-state index contributed by atoms with van der Waals surface area (Å²) in [6.45, 7) is 14.5. The molecule has 90 valence electrons. The molecule has 0 aromatic carbocycles. The van der Waals surface area contributed by atoms with Gasteiger partial charge >= 0.3 is 0 Å². The first-order valence-electron chi connectivity index (χ1n) is 6.69. The molecule has 1 aliphatic rings. The summed E-state index contributed by atoms with van der Waals surface area (Å²) in [6, 6.07) is 0. The number of hydrogen-bond donors (Lipinski definition) is 1. The molecule has 15 heavy (non-hydrogen) atoms. The summed E-state index contributed by atoms with van der Waals surface area (Å²) >= 11 is 0. The van der Waals surface area contributed by atoms with E-state index in [1.807, 2.05) is 0 Å². The Labute approximate surface area is 96.0 Å². The molecule has 0 saturated carbocycles. The predicted molar refractivity (Wildman–Crippen MR) is 68.0 cm³/mol. The van der Waals surface area contributed by atoms with Crippen LogP contribution in [0.4, 0.5) is 0 Å². The van der Waals surface area contributed by atoms with Crippen molar-refractivity contribution in [1.82, 2.24) is 5.32 Å². The third-order valence-electron chi connectivity index (χ3n) is 4.42. The zero-order chi connectivity index (χ0) is 11.5. The Kier molecular flexibility index (Phi) is 4.64. The van der Waals surface area contributed by atoms with E-state index < -0.39 is 0 Å². The first kappa shape index (κ1) is 13.0. The second-order valence-corrected chi connectivity index (χ2v) is 6.20. The summed E-state index contributed by atoms with van der Waals surface area (Å²) in [4.78, 5) is 0. The normalized spacial score (nSPS) is 22.0. The Morgan fingerprint density at radius 3 is 2.13 bits per heavy atom. The van der Waals surface area contributed by atoms with Crippen LogP contribution in [0.5, 0.6) is 0 Å². The molecule has 1 rings (SSSR count). The molecule has 1 saturated heterocycles. The minimum Gasteiger partial charge on any atom is -0.317 e. The van der Waals surface area contributed by atoms with E-state index in [0.717, 1.165) is 17.8 Å². The number of rotatable bonds is 4. The van der Waals surface area contributed by atoms with Crippen LogP contribution in [0, 0.1) is 23.2 Å². The first-order valence-corrected chi connectivity index (χ1v) is 6.69. The van der Waals surface area contributed by atoms with Gasteiger partial charge in [0, 0.05) is 0 Å². The van der Waals surface area contributed by atoms with Crippen LogP contribution in [0.15, 0.2) is 0 Å². The lowest BCUT2D eigenvalue weighted by Crippen LogP contribution is -2.40. The van der Waals surface area contributed by atoms with Crippen molar-refractivity contribution >= 4 is 0 Å². The topological polar surface area (TPSA) is 12.0 Å². The second-order valence-electron chi connectivity index (χ2n) is 6.20. The van der Waals surface area contributed by atoms with Crippen LogP contribution >= 0.6 is 0 Å². The predicted octanol–water partition coefficient (Wildman–Crippen LogP) is 3.69. The molecule has 1 heterocycles. The zero-order valence-electron chi connectivity index (χ0n) is 11.3. The molecule has 1 fully saturated rings. The SMILES string of the molecule is CCC(C)(C)C(C(C)C)C1CCNCC1. The molecule has 1 heteroatoms. The number of hydrogen-bond acceptors (Lipinski definition) is 1. The molecular weight excluding hydrogens is 182 g/mol. The minimum atomic E-state index is 0.510. The summed E-state index contributed by atoms with van der Waals surface area (Å²) in [6.07, 6.45) is 4.07. The molecule has 1 nitrogen and oxygen atoms in total. The van der Waals surface area contributed by atoms with Crippen molar-refractivity contribution < 1.29 is 0 Å². The fourth-order valence-corrected chi connectivity index (χ4v) is 3.52. The molecule has 1 unspecified atom stereocenters. The zero-order valence-corrected chi connectivity index (χ0v) is 11.3. The van der Waals surface area contributed by atoms with Crippen molar-refractivity contribution in [2.75, 3.05) is 13.1 Å². The van der Waals surface area contributed by atoms with Gasteiger partial charge in [-0.25, -0.2) is 0 Å². The monoisotopic (exact) mass is 211 g/mol. The van der Waals surface area contributed by atoms with Crippen LogP contribution in [0.3, 0.4) is 0 Å². The summed E-state index contributed by atoms with van der Waals surface area (Å²) < 4.78 is 0. The van der Waals surface area contributed by atoms with E-state index in [2.05, 4.69) is 39.9 Å². The molecule has 1 N–H and O–H groups in total. The maximum Gasteiger partial charge on any atom is -0.00462 e. The lowest BCUT2D eigenvalue weighted by molar-refractivity contribution is 0.0668. The van der Waals surface area contributed by atoms with Crippen LogP contribution in [-0.4, -0.2) is 13.1 Å². The van der Waals surface area contributed by atoms with E-state index in [1.54, 1.807) is 0 Å². The summed E-state index contributed by atoms with van der Waals surface area (Å²) in [5.74, 6) is 2.66. The van der Waals surface area contributed by atoms with Crippen LogP contribution in [0.1, 0.15) is 53.9 Å². The van der Waals surface area contributed by atoms with Crippen molar-refractivity contribution in [2.24, 2.45) is 23.2 Å². The Morgan fingerprint density at radius 1 is 1.20 bits per heavy atom. The molecule has 0 radical (unpaired) electrons. The fourth-order valence-electron chi connectivity index (χ4n) is 3.52. The van der Waals surface area contributed by atoms with Gasteiger partial charge in [-0.2, -0.15) is 0 Å². The molecular formula is C14H29N. The van der Waals surface area contributed by atoms with Gasteiger partial charge in [0.2, 0.25) is 0 Å². The highest BCUT2D eigenvalue weighted by Gasteiger charge is 2.36. The summed E-state index contributed by atoms with van der Waals surface area (Å²) in [7, 11) is 0. The highest BCUT2D eigenvalue weighted by atomic mass is 14.9. The maximum absolute atomic E-state index is 3.48. The Hall–Kier alpha value is -0.0400. The molecule has 1 aliphatic heterocycles. The fraction of sp³-hybridized carbons (Fsp3) is 1.00. The van der Waals surface area contributed by atoms with Crippen molar-refractivity contribution in [3.05, 3.63) is 0 Å². The van der Waals surface area contributed by atoms with Gasteiger partial charge in [0.15, 0.2) is 0 Å². The Balaban J connectivity index is 2.72. The molecule has 0 aliphatic carbocycles. The van der Waals surface area contributed by atoms with E-state index in [-0.39, 0.29) is 0 Å². The molecule has 1 atom stereocenters. The van der Waals surface area contributed by atoms with E-state index in [9.17, 15) is 0 Å². The molecule has 0 spiro atoms. The summed E-state index contributed by atoms with van der Waals surface area (Å²) in [5.41, 5.74) is 0.510. The quantitative estimate of drug-likeness (QED) is 0.748. The number of piperidine rings is 1. The smallest absolute Gasteiger partial charge is 0.00462 e. The van der Waals surface area contributed by atoms with Gasteiger partial charge in [0.25, 0.3) is 0 Å². The van der Waals surface area contributed by atoms with Crippen molar-refractivity contribution in [3.63, 3.8) is 0 Å². The molecule has 0 aromatic rings. The van der Waals surface area contributed by atoms with Gasteiger partial charge in [0.05, 0.1) is 0 Å². The van der Waals surface area contributed by atoms with Gasteiger partial charge in [-0.05, 0) is 49.1 Å². The maximum atomic E-state index is 3.48. The third kappa shape index (κ3) is 3.21. The second kappa shape index (κ2) is 5.34.